The van der Waals surface area contributed by atoms with Crippen LogP contribution in [0.2, 0.25) is 0 Å². The van der Waals surface area contributed by atoms with Crippen LogP contribution in [0.5, 0.6) is 0 Å². The van der Waals surface area contributed by atoms with Gasteiger partial charge in [-0.2, -0.15) is 0 Å². The lowest BCUT2D eigenvalue weighted by Crippen LogP contribution is -2.36. The number of aliphatic carboxylic acids is 1. The molecule has 0 heterocycles. The van der Waals surface area contributed by atoms with E-state index in [0.29, 0.717) is 13.0 Å². The molecule has 0 radical (unpaired) electrons. The van der Waals surface area contributed by atoms with Crippen molar-refractivity contribution < 1.29 is 19.1 Å². The Kier molecular flexibility index (Phi) is 5.27. The molecule has 0 unspecified atom stereocenters. The predicted molar refractivity (Wildman–Crippen MR) is 67.9 cm³/mol. The Labute approximate surface area is 113 Å². The molecule has 0 aliphatic heterocycles. The van der Waals surface area contributed by atoms with E-state index in [1.807, 2.05) is 6.92 Å². The second-order valence-electron chi connectivity index (χ2n) is 3.75. The van der Waals surface area contributed by atoms with Crippen molar-refractivity contribution in [3.05, 3.63) is 34.1 Å². The summed E-state index contributed by atoms with van der Waals surface area (Å²) >= 11 is 2.99. The van der Waals surface area contributed by atoms with Gasteiger partial charge in [-0.15, -0.1) is 0 Å². The molecule has 1 aromatic rings. The molecule has 0 aromatic heterocycles. The van der Waals surface area contributed by atoms with Gasteiger partial charge >= 0.3 is 5.97 Å². The number of hydrogen-bond acceptors (Lipinski definition) is 2. The largest absolute Gasteiger partial charge is 0.480 e. The Bertz CT molecular complexity index is 465. The van der Waals surface area contributed by atoms with Gasteiger partial charge in [0.15, 0.2) is 0 Å². The standard InChI is InChI=1S/C12H13BrFNO3/c1-2-5-15(7-11(16)17)12(18)8-3-4-10(14)9(13)6-8/h3-4,6H,2,5,7H2,1H3,(H,16,17). The Hall–Kier alpha value is -1.43. The third kappa shape index (κ3) is 3.80. The molecule has 1 rings (SSSR count). The van der Waals surface area contributed by atoms with Gasteiger partial charge in [0.05, 0.1) is 4.47 Å². The van der Waals surface area contributed by atoms with Gasteiger partial charge in [-0.05, 0) is 40.5 Å². The highest BCUT2D eigenvalue weighted by atomic mass is 79.9. The minimum absolute atomic E-state index is 0.181. The van der Waals surface area contributed by atoms with Crippen molar-refractivity contribution in [2.24, 2.45) is 0 Å². The van der Waals surface area contributed by atoms with Crippen molar-refractivity contribution in [1.82, 2.24) is 4.90 Å². The lowest BCUT2D eigenvalue weighted by atomic mass is 10.2. The number of nitrogens with zero attached hydrogens (tertiary/aromatic N) is 1. The summed E-state index contributed by atoms with van der Waals surface area (Å²) in [5.41, 5.74) is 0.262. The molecule has 0 aliphatic rings. The van der Waals surface area contributed by atoms with E-state index in [-0.39, 0.29) is 16.6 Å². The third-order valence-electron chi connectivity index (χ3n) is 2.27. The van der Waals surface area contributed by atoms with Crippen molar-refractivity contribution in [3.8, 4) is 0 Å². The highest BCUT2D eigenvalue weighted by Gasteiger charge is 2.18. The summed E-state index contributed by atoms with van der Waals surface area (Å²) in [6.45, 7) is 1.84. The molecule has 18 heavy (non-hydrogen) atoms. The van der Waals surface area contributed by atoms with E-state index < -0.39 is 17.7 Å². The normalized spacial score (nSPS) is 10.2. The first-order valence-electron chi connectivity index (χ1n) is 5.41. The summed E-state index contributed by atoms with van der Waals surface area (Å²) in [6.07, 6.45) is 0.654. The molecule has 0 aliphatic carbocycles. The van der Waals surface area contributed by atoms with Crippen LogP contribution in [-0.4, -0.2) is 35.0 Å². The smallest absolute Gasteiger partial charge is 0.323 e. The van der Waals surface area contributed by atoms with E-state index in [1.54, 1.807) is 0 Å². The van der Waals surface area contributed by atoms with Crippen LogP contribution in [0.15, 0.2) is 22.7 Å². The lowest BCUT2D eigenvalue weighted by Gasteiger charge is -2.20. The van der Waals surface area contributed by atoms with Gasteiger partial charge in [-0.25, -0.2) is 4.39 Å². The lowest BCUT2D eigenvalue weighted by molar-refractivity contribution is -0.137. The van der Waals surface area contributed by atoms with Gasteiger partial charge in [0.2, 0.25) is 0 Å². The second kappa shape index (κ2) is 6.49. The number of halogens is 2. The monoisotopic (exact) mass is 317 g/mol. The van der Waals surface area contributed by atoms with Gasteiger partial charge in [-0.1, -0.05) is 6.92 Å². The number of carboxylic acids is 1. The molecular formula is C12H13BrFNO3. The molecule has 1 aromatic carbocycles. The SMILES string of the molecule is CCCN(CC(=O)O)C(=O)c1ccc(F)c(Br)c1. The number of hydrogen-bond donors (Lipinski definition) is 1. The van der Waals surface area contributed by atoms with Gasteiger partial charge in [0.1, 0.15) is 12.4 Å². The zero-order chi connectivity index (χ0) is 13.7. The molecule has 0 spiro atoms. The summed E-state index contributed by atoms with van der Waals surface area (Å²) in [7, 11) is 0. The second-order valence-corrected chi connectivity index (χ2v) is 4.60. The van der Waals surface area contributed by atoms with Crippen LogP contribution in [0.4, 0.5) is 4.39 Å². The molecular weight excluding hydrogens is 305 g/mol. The third-order valence-corrected chi connectivity index (χ3v) is 2.88. The van der Waals surface area contributed by atoms with Crippen LogP contribution in [0.1, 0.15) is 23.7 Å². The summed E-state index contributed by atoms with van der Waals surface area (Å²) in [4.78, 5) is 24.0. The summed E-state index contributed by atoms with van der Waals surface area (Å²) in [6, 6.07) is 3.86. The van der Waals surface area contributed by atoms with Gasteiger partial charge in [0.25, 0.3) is 5.91 Å². The quantitative estimate of drug-likeness (QED) is 0.907. The average molecular weight is 318 g/mol. The van der Waals surface area contributed by atoms with E-state index in [2.05, 4.69) is 15.9 Å². The molecule has 0 atom stereocenters. The molecule has 1 amide bonds. The fourth-order valence-electron chi connectivity index (χ4n) is 1.50. The number of carbonyl (C=O) groups excluding carboxylic acids is 1. The van der Waals surface area contributed by atoms with Crippen molar-refractivity contribution >= 4 is 27.8 Å². The Balaban J connectivity index is 2.93. The van der Waals surface area contributed by atoms with E-state index in [1.165, 1.54) is 23.1 Å². The summed E-state index contributed by atoms with van der Waals surface area (Å²) in [5, 5.41) is 8.74. The van der Waals surface area contributed by atoms with Crippen LogP contribution in [0, 0.1) is 5.82 Å². The first-order valence-corrected chi connectivity index (χ1v) is 6.21. The number of benzene rings is 1. The minimum atomic E-state index is -1.07. The highest BCUT2D eigenvalue weighted by Crippen LogP contribution is 2.18. The maximum atomic E-state index is 13.1. The summed E-state index contributed by atoms with van der Waals surface area (Å²) in [5.74, 6) is -1.95. The van der Waals surface area contributed by atoms with Crippen molar-refractivity contribution in [2.45, 2.75) is 13.3 Å². The molecule has 0 fully saturated rings. The minimum Gasteiger partial charge on any atom is -0.480 e. The van der Waals surface area contributed by atoms with E-state index in [4.69, 9.17) is 5.11 Å². The number of amides is 1. The highest BCUT2D eigenvalue weighted by molar-refractivity contribution is 9.10. The first kappa shape index (κ1) is 14.6. The fourth-order valence-corrected chi connectivity index (χ4v) is 1.88. The van der Waals surface area contributed by atoms with Crippen LogP contribution < -0.4 is 0 Å². The molecule has 1 N–H and O–H groups in total. The van der Waals surface area contributed by atoms with E-state index >= 15 is 0 Å². The predicted octanol–water partition coefficient (Wildman–Crippen LogP) is 2.53. The topological polar surface area (TPSA) is 57.6 Å². The zero-order valence-electron chi connectivity index (χ0n) is 9.82. The van der Waals surface area contributed by atoms with Crippen LogP contribution >= 0.6 is 15.9 Å². The average Bonchev–Trinajstić information content (AvgIpc) is 2.31. The van der Waals surface area contributed by atoms with Crippen LogP contribution in [0.25, 0.3) is 0 Å². The van der Waals surface area contributed by atoms with Crippen molar-refractivity contribution in [1.29, 1.82) is 0 Å². The van der Waals surface area contributed by atoms with E-state index in [9.17, 15) is 14.0 Å². The van der Waals surface area contributed by atoms with Crippen LogP contribution in [-0.2, 0) is 4.79 Å². The number of carboxylic acid groups (broad SMARTS) is 1. The van der Waals surface area contributed by atoms with Gasteiger partial charge in [0, 0.05) is 12.1 Å². The van der Waals surface area contributed by atoms with Crippen LogP contribution in [0.3, 0.4) is 0 Å². The summed E-state index contributed by atoms with van der Waals surface area (Å²) < 4.78 is 13.2. The Morgan fingerprint density at radius 1 is 1.44 bits per heavy atom. The number of carbonyl (C=O) groups is 2. The van der Waals surface area contributed by atoms with E-state index in [0.717, 1.165) is 0 Å². The van der Waals surface area contributed by atoms with Crippen molar-refractivity contribution in [2.75, 3.05) is 13.1 Å². The van der Waals surface area contributed by atoms with Crippen molar-refractivity contribution in [3.63, 3.8) is 0 Å². The molecule has 6 heteroatoms. The number of rotatable bonds is 5. The Morgan fingerprint density at radius 2 is 2.11 bits per heavy atom. The molecule has 0 saturated heterocycles. The maximum Gasteiger partial charge on any atom is 0.323 e. The first-order chi connectivity index (χ1) is 8.45. The molecule has 0 bridgehead atoms. The maximum absolute atomic E-state index is 13.1. The van der Waals surface area contributed by atoms with Gasteiger partial charge < -0.3 is 10.0 Å². The molecule has 0 saturated carbocycles. The Morgan fingerprint density at radius 3 is 2.61 bits per heavy atom. The van der Waals surface area contributed by atoms with Gasteiger partial charge in [-0.3, -0.25) is 9.59 Å². The molecule has 4 nitrogen and oxygen atoms in total. The molecule has 98 valence electrons. The fraction of sp³-hybridized carbons (Fsp3) is 0.333. The zero-order valence-corrected chi connectivity index (χ0v) is 11.4.